The summed E-state index contributed by atoms with van der Waals surface area (Å²) in [5.41, 5.74) is 3.63. The number of pyridine rings is 1. The Bertz CT molecular complexity index is 1640. The Morgan fingerprint density at radius 1 is 1.05 bits per heavy atom. The van der Waals surface area contributed by atoms with Gasteiger partial charge in [0.25, 0.3) is 11.7 Å². The van der Waals surface area contributed by atoms with Crippen LogP contribution in [-0.2, 0) is 22.7 Å². The summed E-state index contributed by atoms with van der Waals surface area (Å²) in [6.45, 7) is 2.48. The molecule has 41 heavy (non-hydrogen) atoms. The lowest BCUT2D eigenvalue weighted by molar-refractivity contribution is -0.140. The van der Waals surface area contributed by atoms with Crippen LogP contribution in [0.25, 0.3) is 5.76 Å². The number of likely N-dealkylation sites (tertiary alicyclic amines) is 1. The summed E-state index contributed by atoms with van der Waals surface area (Å²) in [5, 5.41) is 21.8. The van der Waals surface area contributed by atoms with Gasteiger partial charge < -0.3 is 24.6 Å². The van der Waals surface area contributed by atoms with Crippen LogP contribution in [0.4, 0.5) is 0 Å². The van der Waals surface area contributed by atoms with Gasteiger partial charge >= 0.3 is 0 Å². The number of hydrogen-bond donors (Lipinski definition) is 2. The number of ketones is 1. The number of aliphatic hydroxyl groups excluding tert-OH is 1. The number of aliphatic hydroxyl groups is 1. The molecule has 0 bridgehead atoms. The molecule has 1 saturated heterocycles. The number of rotatable bonds is 8. The maximum absolute atomic E-state index is 13.4. The molecule has 0 spiro atoms. The van der Waals surface area contributed by atoms with Gasteiger partial charge in [-0.2, -0.15) is 0 Å². The number of halogens is 1. The number of aryl methyl sites for hydroxylation is 1. The third-order valence-electron chi connectivity index (χ3n) is 6.99. The number of amides is 1. The van der Waals surface area contributed by atoms with Gasteiger partial charge in [0.2, 0.25) is 0 Å². The highest BCUT2D eigenvalue weighted by atomic mass is 79.9. The van der Waals surface area contributed by atoms with Crippen LogP contribution in [0.5, 0.6) is 17.2 Å². The molecule has 1 aliphatic rings. The van der Waals surface area contributed by atoms with Crippen LogP contribution in [0.1, 0.15) is 33.9 Å². The van der Waals surface area contributed by atoms with E-state index in [1.54, 1.807) is 60.9 Å². The van der Waals surface area contributed by atoms with Gasteiger partial charge in [-0.1, -0.05) is 30.3 Å². The van der Waals surface area contributed by atoms with Crippen molar-refractivity contribution in [2.75, 3.05) is 7.11 Å². The predicted molar refractivity (Wildman–Crippen MR) is 156 cm³/mol. The number of hydrogen-bond acceptors (Lipinski definition) is 7. The maximum Gasteiger partial charge on any atom is 0.295 e. The molecule has 4 aromatic rings. The summed E-state index contributed by atoms with van der Waals surface area (Å²) in [4.78, 5) is 32.3. The lowest BCUT2D eigenvalue weighted by Gasteiger charge is -2.26. The minimum atomic E-state index is -0.960. The first kappa shape index (κ1) is 27.9. The molecule has 8 nitrogen and oxygen atoms in total. The topological polar surface area (TPSA) is 109 Å². The normalized spacial score (nSPS) is 16.2. The molecule has 1 amide bonds. The standard InChI is InChI=1S/C32H27BrN2O6/c1-19-6-3-4-8-22(19)18-41-24-11-9-21(10-12-24)29(36)27-28(23-14-25(33)30(37)26(15-23)40-2)35(32(39)31(27)38)17-20-7-5-13-34-16-20/h3-16,28,36-37H,17-18H2,1-2H3/b29-27+. The molecule has 0 saturated carbocycles. The molecule has 1 aliphatic heterocycles. The molecule has 2 N–H and O–H groups in total. The zero-order valence-electron chi connectivity index (χ0n) is 22.4. The number of phenols is 1. The van der Waals surface area contributed by atoms with Crippen molar-refractivity contribution in [2.45, 2.75) is 26.1 Å². The van der Waals surface area contributed by atoms with Crippen LogP contribution in [0.3, 0.4) is 0 Å². The number of ether oxygens (including phenoxy) is 2. The first-order valence-electron chi connectivity index (χ1n) is 12.8. The van der Waals surface area contributed by atoms with E-state index >= 15 is 0 Å². The fourth-order valence-electron chi connectivity index (χ4n) is 4.78. The molecule has 1 fully saturated rings. The largest absolute Gasteiger partial charge is 0.507 e. The van der Waals surface area contributed by atoms with Gasteiger partial charge in [0.05, 0.1) is 23.2 Å². The highest BCUT2D eigenvalue weighted by Gasteiger charge is 2.46. The average Bonchev–Trinajstić information content (AvgIpc) is 3.23. The van der Waals surface area contributed by atoms with Gasteiger partial charge in [0, 0.05) is 24.5 Å². The van der Waals surface area contributed by atoms with Crippen molar-refractivity contribution < 1.29 is 29.3 Å². The van der Waals surface area contributed by atoms with E-state index in [-0.39, 0.29) is 29.4 Å². The van der Waals surface area contributed by atoms with Crippen molar-refractivity contribution >= 4 is 33.4 Å². The highest BCUT2D eigenvalue weighted by Crippen LogP contribution is 2.45. The van der Waals surface area contributed by atoms with Crippen LogP contribution in [0, 0.1) is 6.92 Å². The van der Waals surface area contributed by atoms with Crippen molar-refractivity contribution in [1.82, 2.24) is 9.88 Å². The number of nitrogens with zero attached hydrogens (tertiary/aromatic N) is 2. The number of aromatic nitrogens is 1. The molecule has 2 heterocycles. The molecule has 0 aliphatic carbocycles. The summed E-state index contributed by atoms with van der Waals surface area (Å²) in [6.07, 6.45) is 3.23. The predicted octanol–water partition coefficient (Wildman–Crippen LogP) is 6.07. The lowest BCUT2D eigenvalue weighted by atomic mass is 9.94. The van der Waals surface area contributed by atoms with E-state index in [2.05, 4.69) is 20.9 Å². The van der Waals surface area contributed by atoms with E-state index in [0.29, 0.717) is 33.5 Å². The molecule has 9 heteroatoms. The minimum Gasteiger partial charge on any atom is -0.507 e. The summed E-state index contributed by atoms with van der Waals surface area (Å²) >= 11 is 3.33. The number of benzene rings is 3. The molecule has 0 radical (unpaired) electrons. The maximum atomic E-state index is 13.4. The van der Waals surface area contributed by atoms with Crippen LogP contribution >= 0.6 is 15.9 Å². The number of carbonyl (C=O) groups excluding carboxylic acids is 2. The second kappa shape index (κ2) is 11.9. The fourth-order valence-corrected chi connectivity index (χ4v) is 5.24. The second-order valence-corrected chi connectivity index (χ2v) is 10.4. The first-order chi connectivity index (χ1) is 19.8. The van der Waals surface area contributed by atoms with Crippen molar-refractivity contribution in [3.63, 3.8) is 0 Å². The van der Waals surface area contributed by atoms with Crippen LogP contribution in [0.2, 0.25) is 0 Å². The van der Waals surface area contributed by atoms with Crippen molar-refractivity contribution in [2.24, 2.45) is 0 Å². The van der Waals surface area contributed by atoms with Gasteiger partial charge in [-0.3, -0.25) is 14.6 Å². The lowest BCUT2D eigenvalue weighted by Crippen LogP contribution is -2.29. The van der Waals surface area contributed by atoms with E-state index in [1.165, 1.54) is 12.0 Å². The average molecular weight is 615 g/mol. The number of methoxy groups -OCH3 is 1. The SMILES string of the molecule is COc1cc(C2/C(=C(\O)c3ccc(OCc4ccccc4C)cc3)C(=O)C(=O)N2Cc2cccnc2)cc(Br)c1O. The van der Waals surface area contributed by atoms with E-state index in [0.717, 1.165) is 11.1 Å². The quantitative estimate of drug-likeness (QED) is 0.141. The van der Waals surface area contributed by atoms with Crippen LogP contribution < -0.4 is 9.47 Å². The Labute approximate surface area is 245 Å². The molecule has 3 aromatic carbocycles. The van der Waals surface area contributed by atoms with Gasteiger partial charge in [0.15, 0.2) is 11.5 Å². The van der Waals surface area contributed by atoms with Gasteiger partial charge in [-0.05, 0) is 87.6 Å². The van der Waals surface area contributed by atoms with Crippen molar-refractivity contribution in [3.8, 4) is 17.2 Å². The van der Waals surface area contributed by atoms with E-state index in [9.17, 15) is 19.8 Å². The third-order valence-corrected chi connectivity index (χ3v) is 7.59. The monoisotopic (exact) mass is 614 g/mol. The Hall–Kier alpha value is -4.63. The summed E-state index contributed by atoms with van der Waals surface area (Å²) in [7, 11) is 1.40. The molecular formula is C32H27BrN2O6. The van der Waals surface area contributed by atoms with Crippen LogP contribution in [0.15, 0.2) is 95.2 Å². The van der Waals surface area contributed by atoms with E-state index in [1.807, 2.05) is 31.2 Å². The molecule has 1 unspecified atom stereocenters. The smallest absolute Gasteiger partial charge is 0.295 e. The summed E-state index contributed by atoms with van der Waals surface area (Å²) in [5.74, 6) is -1.29. The highest BCUT2D eigenvalue weighted by molar-refractivity contribution is 9.10. The summed E-state index contributed by atoms with van der Waals surface area (Å²) < 4.78 is 11.6. The molecule has 5 rings (SSSR count). The van der Waals surface area contributed by atoms with E-state index < -0.39 is 17.7 Å². The number of phenolic OH excluding ortho intramolecular Hbond substituents is 1. The van der Waals surface area contributed by atoms with Crippen molar-refractivity contribution in [3.05, 3.63) is 123 Å². The van der Waals surface area contributed by atoms with Crippen molar-refractivity contribution in [1.29, 1.82) is 0 Å². The van der Waals surface area contributed by atoms with Gasteiger partial charge in [-0.15, -0.1) is 0 Å². The first-order valence-corrected chi connectivity index (χ1v) is 13.6. The number of carbonyl (C=O) groups is 2. The number of aromatic hydroxyl groups is 1. The second-order valence-electron chi connectivity index (χ2n) is 9.58. The Morgan fingerprint density at radius 3 is 2.49 bits per heavy atom. The van der Waals surface area contributed by atoms with Gasteiger partial charge in [-0.25, -0.2) is 0 Å². The number of Topliss-reactive ketones (excluding diaryl/α,β-unsaturated/α-hetero) is 1. The zero-order chi connectivity index (χ0) is 29.1. The molecule has 208 valence electrons. The minimum absolute atomic E-state index is 0.0757. The Morgan fingerprint density at radius 2 is 1.80 bits per heavy atom. The molecule has 1 atom stereocenters. The zero-order valence-corrected chi connectivity index (χ0v) is 24.0. The van der Waals surface area contributed by atoms with Gasteiger partial charge in [0.1, 0.15) is 18.1 Å². The Balaban J connectivity index is 1.53. The Kier molecular flexibility index (Phi) is 8.07. The van der Waals surface area contributed by atoms with Crippen LogP contribution in [-0.4, -0.2) is 38.9 Å². The fraction of sp³-hybridized carbons (Fsp3) is 0.156. The van der Waals surface area contributed by atoms with E-state index in [4.69, 9.17) is 9.47 Å². The molecular weight excluding hydrogens is 588 g/mol. The summed E-state index contributed by atoms with van der Waals surface area (Å²) in [6, 6.07) is 20.3. The molecule has 1 aromatic heterocycles. The third kappa shape index (κ3) is 5.67.